The van der Waals surface area contributed by atoms with Gasteiger partial charge in [-0.25, -0.2) is 9.97 Å². The maximum absolute atomic E-state index is 8.16. The number of aryl methyl sites for hydroxylation is 1. The van der Waals surface area contributed by atoms with Crippen LogP contribution < -0.4 is 10.6 Å². The van der Waals surface area contributed by atoms with Crippen molar-refractivity contribution < 1.29 is 0 Å². The van der Waals surface area contributed by atoms with Crippen LogP contribution in [0.2, 0.25) is 0 Å². The predicted octanol–water partition coefficient (Wildman–Crippen LogP) is 5.06. The minimum atomic E-state index is 0.122. The first-order valence-electron chi connectivity index (χ1n) is 8.70. The Morgan fingerprint density at radius 1 is 0.741 bits per heavy atom. The molecule has 4 aromatic rings. The van der Waals surface area contributed by atoms with Crippen molar-refractivity contribution in [2.24, 2.45) is 0 Å². The lowest BCUT2D eigenvalue weighted by atomic mass is 10.1. The molecule has 0 aliphatic carbocycles. The van der Waals surface area contributed by atoms with Crippen molar-refractivity contribution in [3.8, 4) is 11.1 Å². The van der Waals surface area contributed by atoms with Gasteiger partial charge in [0.05, 0.1) is 11.2 Å². The van der Waals surface area contributed by atoms with Crippen molar-refractivity contribution in [3.63, 3.8) is 0 Å². The molecule has 27 heavy (non-hydrogen) atoms. The fourth-order valence-electron chi connectivity index (χ4n) is 2.96. The van der Waals surface area contributed by atoms with E-state index in [4.69, 9.17) is 5.41 Å². The van der Waals surface area contributed by atoms with Crippen LogP contribution in [0.1, 0.15) is 5.69 Å². The molecule has 0 saturated heterocycles. The van der Waals surface area contributed by atoms with Gasteiger partial charge in [-0.05, 0) is 36.2 Å². The fraction of sp³-hybridized carbons (Fsp3) is 0.0455. The highest BCUT2D eigenvalue weighted by molar-refractivity contribution is 6.01. The summed E-state index contributed by atoms with van der Waals surface area (Å²) in [5.74, 6) is 0.529. The molecule has 1 aromatic heterocycles. The normalized spacial score (nSPS) is 10.6. The Labute approximate surface area is 157 Å². The van der Waals surface area contributed by atoms with Gasteiger partial charge >= 0.3 is 0 Å². The Kier molecular flexibility index (Phi) is 4.49. The number of nitrogens with one attached hydrogen (secondary N) is 3. The van der Waals surface area contributed by atoms with Gasteiger partial charge in [-0.3, -0.25) is 10.7 Å². The molecule has 0 amide bonds. The third-order valence-electron chi connectivity index (χ3n) is 4.29. The van der Waals surface area contributed by atoms with Crippen LogP contribution in [-0.2, 0) is 0 Å². The number of aromatic nitrogens is 2. The molecule has 132 valence electrons. The van der Waals surface area contributed by atoms with Crippen molar-refractivity contribution in [2.75, 3.05) is 10.6 Å². The highest BCUT2D eigenvalue weighted by atomic mass is 15.2. The summed E-state index contributed by atoms with van der Waals surface area (Å²) >= 11 is 0. The number of nitrogens with zero attached hydrogens (tertiary/aromatic N) is 2. The van der Waals surface area contributed by atoms with E-state index in [2.05, 4.69) is 32.7 Å². The maximum atomic E-state index is 8.16. The zero-order chi connectivity index (χ0) is 18.6. The standard InChI is InChI=1S/C22H19N5/c1-15-19-9-5-6-10-20(19)26-22(24-15)27-21(23)25-18-13-11-17(12-14-18)16-7-3-2-4-8-16/h2-14H,1H3,(H3,23,24,25,26,27). The number of hydrogen-bond donors (Lipinski definition) is 3. The van der Waals surface area contributed by atoms with Crippen LogP contribution in [0.25, 0.3) is 22.0 Å². The molecule has 0 unspecified atom stereocenters. The molecule has 0 saturated carbocycles. The van der Waals surface area contributed by atoms with Gasteiger partial charge < -0.3 is 5.32 Å². The van der Waals surface area contributed by atoms with E-state index in [0.717, 1.165) is 33.4 Å². The first kappa shape index (κ1) is 16.7. The van der Waals surface area contributed by atoms with Crippen LogP contribution in [0.5, 0.6) is 0 Å². The van der Waals surface area contributed by atoms with E-state index >= 15 is 0 Å². The minimum absolute atomic E-state index is 0.122. The van der Waals surface area contributed by atoms with Gasteiger partial charge in [0.15, 0.2) is 5.96 Å². The Hall–Kier alpha value is -3.73. The molecular formula is C22H19N5. The van der Waals surface area contributed by atoms with Crippen molar-refractivity contribution in [1.82, 2.24) is 9.97 Å². The van der Waals surface area contributed by atoms with E-state index in [1.807, 2.05) is 73.7 Å². The second kappa shape index (κ2) is 7.25. The largest absolute Gasteiger partial charge is 0.326 e. The molecule has 3 N–H and O–H groups in total. The molecule has 0 fully saturated rings. The highest BCUT2D eigenvalue weighted by Crippen LogP contribution is 2.21. The maximum Gasteiger partial charge on any atom is 0.230 e. The number of hydrogen-bond acceptors (Lipinski definition) is 3. The van der Waals surface area contributed by atoms with Crippen LogP contribution in [0.15, 0.2) is 78.9 Å². The quantitative estimate of drug-likeness (QED) is 0.355. The van der Waals surface area contributed by atoms with E-state index in [0.29, 0.717) is 5.95 Å². The number of rotatable bonds is 3. The number of para-hydroxylation sites is 1. The first-order chi connectivity index (χ1) is 13.2. The van der Waals surface area contributed by atoms with Crippen LogP contribution >= 0.6 is 0 Å². The molecular weight excluding hydrogens is 334 g/mol. The van der Waals surface area contributed by atoms with E-state index in [-0.39, 0.29) is 5.96 Å². The molecule has 0 aliphatic heterocycles. The first-order valence-corrected chi connectivity index (χ1v) is 8.70. The fourth-order valence-corrected chi connectivity index (χ4v) is 2.96. The second-order valence-electron chi connectivity index (χ2n) is 6.22. The van der Waals surface area contributed by atoms with Crippen molar-refractivity contribution >= 4 is 28.5 Å². The third-order valence-corrected chi connectivity index (χ3v) is 4.29. The molecule has 5 nitrogen and oxygen atoms in total. The van der Waals surface area contributed by atoms with Crippen molar-refractivity contribution in [2.45, 2.75) is 6.92 Å². The Bertz CT molecular complexity index is 1090. The van der Waals surface area contributed by atoms with Crippen molar-refractivity contribution in [3.05, 3.63) is 84.6 Å². The summed E-state index contributed by atoms with van der Waals surface area (Å²) in [6.45, 7) is 1.94. The smallest absolute Gasteiger partial charge is 0.230 e. The van der Waals surface area contributed by atoms with Gasteiger partial charge in [-0.15, -0.1) is 0 Å². The molecule has 0 bridgehead atoms. The molecule has 0 atom stereocenters. The van der Waals surface area contributed by atoms with Crippen molar-refractivity contribution in [1.29, 1.82) is 5.41 Å². The summed E-state index contributed by atoms with van der Waals surface area (Å²) in [5, 5.41) is 15.1. The monoisotopic (exact) mass is 353 g/mol. The Balaban J connectivity index is 1.47. The van der Waals surface area contributed by atoms with Crippen LogP contribution in [0.3, 0.4) is 0 Å². The summed E-state index contributed by atoms with van der Waals surface area (Å²) in [5.41, 5.74) is 4.85. The summed E-state index contributed by atoms with van der Waals surface area (Å²) in [6, 6.07) is 26.0. The van der Waals surface area contributed by atoms with Gasteiger partial charge in [0.2, 0.25) is 5.95 Å². The molecule has 3 aromatic carbocycles. The molecule has 4 rings (SSSR count). The molecule has 1 heterocycles. The third kappa shape index (κ3) is 3.77. The molecule has 0 spiro atoms. The van der Waals surface area contributed by atoms with E-state index in [9.17, 15) is 0 Å². The summed E-state index contributed by atoms with van der Waals surface area (Å²) in [6.07, 6.45) is 0. The average Bonchev–Trinajstić information content (AvgIpc) is 2.69. The van der Waals surface area contributed by atoms with Gasteiger partial charge in [0, 0.05) is 11.1 Å². The van der Waals surface area contributed by atoms with E-state index in [1.54, 1.807) is 0 Å². The lowest BCUT2D eigenvalue weighted by Crippen LogP contribution is -2.22. The van der Waals surface area contributed by atoms with Gasteiger partial charge in [0.1, 0.15) is 0 Å². The molecule has 0 radical (unpaired) electrons. The summed E-state index contributed by atoms with van der Waals surface area (Å²) < 4.78 is 0. The van der Waals surface area contributed by atoms with Gasteiger partial charge in [0.25, 0.3) is 0 Å². The second-order valence-corrected chi connectivity index (χ2v) is 6.22. The van der Waals surface area contributed by atoms with E-state index < -0.39 is 0 Å². The van der Waals surface area contributed by atoms with E-state index in [1.165, 1.54) is 0 Å². The zero-order valence-electron chi connectivity index (χ0n) is 14.9. The number of benzene rings is 3. The summed E-state index contributed by atoms with van der Waals surface area (Å²) in [4.78, 5) is 8.90. The van der Waals surface area contributed by atoms with Crippen LogP contribution in [0, 0.1) is 12.3 Å². The number of guanidine groups is 1. The van der Waals surface area contributed by atoms with Crippen LogP contribution in [-0.4, -0.2) is 15.9 Å². The lowest BCUT2D eigenvalue weighted by molar-refractivity contribution is 1.15. The van der Waals surface area contributed by atoms with Gasteiger partial charge in [-0.2, -0.15) is 0 Å². The average molecular weight is 353 g/mol. The molecule has 5 heteroatoms. The Morgan fingerprint density at radius 3 is 2.19 bits per heavy atom. The number of fused-ring (bicyclic) bond motifs is 1. The van der Waals surface area contributed by atoms with Gasteiger partial charge in [-0.1, -0.05) is 60.7 Å². The zero-order valence-corrected chi connectivity index (χ0v) is 14.9. The Morgan fingerprint density at radius 2 is 1.41 bits per heavy atom. The minimum Gasteiger partial charge on any atom is -0.326 e. The lowest BCUT2D eigenvalue weighted by Gasteiger charge is -2.11. The topological polar surface area (TPSA) is 73.7 Å². The SMILES string of the molecule is Cc1nc(NC(=N)Nc2ccc(-c3ccccc3)cc2)nc2ccccc12. The summed E-state index contributed by atoms with van der Waals surface area (Å²) in [7, 11) is 0. The number of anilines is 2. The van der Waals surface area contributed by atoms with Crippen LogP contribution in [0.4, 0.5) is 11.6 Å². The molecule has 0 aliphatic rings. The highest BCUT2D eigenvalue weighted by Gasteiger charge is 2.06. The predicted molar refractivity (Wildman–Crippen MR) is 111 cm³/mol.